The standard InChI is InChI=1S/C14H9BrClNO/c1-2-13-12(7-11(16)8-17-13)14(18)9-4-3-5-10(15)6-9/h2-8H,1H2. The third-order valence-corrected chi connectivity index (χ3v) is 3.11. The number of carbonyl (C=O) groups is 1. The second kappa shape index (κ2) is 5.46. The van der Waals surface area contributed by atoms with Crippen LogP contribution in [0, 0.1) is 0 Å². The second-order valence-electron chi connectivity index (χ2n) is 3.63. The molecule has 18 heavy (non-hydrogen) atoms. The van der Waals surface area contributed by atoms with Crippen molar-refractivity contribution in [2.45, 2.75) is 0 Å². The van der Waals surface area contributed by atoms with Crippen LogP contribution in [0.5, 0.6) is 0 Å². The van der Waals surface area contributed by atoms with Gasteiger partial charge in [-0.1, -0.05) is 46.2 Å². The summed E-state index contributed by atoms with van der Waals surface area (Å²) in [6.07, 6.45) is 3.04. The first kappa shape index (κ1) is 13.0. The molecule has 0 amide bonds. The van der Waals surface area contributed by atoms with Gasteiger partial charge < -0.3 is 0 Å². The lowest BCUT2D eigenvalue weighted by molar-refractivity contribution is 0.103. The van der Waals surface area contributed by atoms with E-state index in [-0.39, 0.29) is 5.78 Å². The van der Waals surface area contributed by atoms with E-state index in [1.807, 2.05) is 12.1 Å². The van der Waals surface area contributed by atoms with Gasteiger partial charge in [0.25, 0.3) is 0 Å². The summed E-state index contributed by atoms with van der Waals surface area (Å²) in [5.41, 5.74) is 1.57. The van der Waals surface area contributed by atoms with Gasteiger partial charge in [0.05, 0.1) is 10.7 Å². The Morgan fingerprint density at radius 1 is 1.39 bits per heavy atom. The predicted molar refractivity (Wildman–Crippen MR) is 76.9 cm³/mol. The highest BCUT2D eigenvalue weighted by atomic mass is 79.9. The summed E-state index contributed by atoms with van der Waals surface area (Å²) in [6.45, 7) is 3.65. The maximum absolute atomic E-state index is 12.4. The van der Waals surface area contributed by atoms with Gasteiger partial charge >= 0.3 is 0 Å². The Labute approximate surface area is 118 Å². The fourth-order valence-corrected chi connectivity index (χ4v) is 2.14. The van der Waals surface area contributed by atoms with Crippen LogP contribution in [0.2, 0.25) is 5.02 Å². The van der Waals surface area contributed by atoms with E-state index < -0.39 is 0 Å². The van der Waals surface area contributed by atoms with E-state index in [9.17, 15) is 4.79 Å². The number of pyridine rings is 1. The number of nitrogens with zero attached hydrogens (tertiary/aromatic N) is 1. The molecule has 0 bridgehead atoms. The first-order chi connectivity index (χ1) is 8.61. The number of benzene rings is 1. The molecular weight excluding hydrogens is 314 g/mol. The smallest absolute Gasteiger partial charge is 0.195 e. The largest absolute Gasteiger partial charge is 0.289 e. The number of halogens is 2. The lowest BCUT2D eigenvalue weighted by Gasteiger charge is -2.05. The van der Waals surface area contributed by atoms with E-state index >= 15 is 0 Å². The van der Waals surface area contributed by atoms with Gasteiger partial charge in [-0.25, -0.2) is 0 Å². The van der Waals surface area contributed by atoms with E-state index in [4.69, 9.17) is 11.6 Å². The van der Waals surface area contributed by atoms with Crippen LogP contribution in [0.15, 0.2) is 47.6 Å². The van der Waals surface area contributed by atoms with Crippen LogP contribution < -0.4 is 0 Å². The van der Waals surface area contributed by atoms with Gasteiger partial charge in [-0.15, -0.1) is 0 Å². The highest BCUT2D eigenvalue weighted by Gasteiger charge is 2.14. The minimum absolute atomic E-state index is 0.124. The van der Waals surface area contributed by atoms with Crippen LogP contribution in [-0.2, 0) is 0 Å². The van der Waals surface area contributed by atoms with Gasteiger partial charge in [-0.2, -0.15) is 0 Å². The first-order valence-electron chi connectivity index (χ1n) is 5.20. The third-order valence-electron chi connectivity index (χ3n) is 2.41. The van der Waals surface area contributed by atoms with Crippen LogP contribution in [-0.4, -0.2) is 10.8 Å². The molecule has 0 aliphatic carbocycles. The third kappa shape index (κ3) is 2.68. The number of hydrogen-bond acceptors (Lipinski definition) is 2. The molecule has 0 atom stereocenters. The van der Waals surface area contributed by atoms with Crippen molar-refractivity contribution in [1.82, 2.24) is 4.98 Å². The maximum atomic E-state index is 12.4. The molecule has 2 aromatic rings. The van der Waals surface area contributed by atoms with Gasteiger partial charge in [0, 0.05) is 21.8 Å². The van der Waals surface area contributed by atoms with Crippen molar-refractivity contribution < 1.29 is 4.79 Å². The van der Waals surface area contributed by atoms with Crippen LogP contribution in [0.25, 0.3) is 6.08 Å². The molecule has 4 heteroatoms. The molecule has 1 aromatic carbocycles. The van der Waals surface area contributed by atoms with Gasteiger partial charge in [-0.3, -0.25) is 9.78 Å². The SMILES string of the molecule is C=Cc1ncc(Cl)cc1C(=O)c1cccc(Br)c1. The topological polar surface area (TPSA) is 30.0 Å². The minimum Gasteiger partial charge on any atom is -0.289 e. The van der Waals surface area contributed by atoms with Crippen molar-refractivity contribution in [3.63, 3.8) is 0 Å². The van der Waals surface area contributed by atoms with E-state index in [2.05, 4.69) is 27.5 Å². The molecule has 0 saturated carbocycles. The van der Waals surface area contributed by atoms with E-state index in [0.717, 1.165) is 4.47 Å². The zero-order valence-electron chi connectivity index (χ0n) is 9.36. The Hall–Kier alpha value is -1.45. The van der Waals surface area contributed by atoms with Crippen molar-refractivity contribution in [1.29, 1.82) is 0 Å². The molecule has 0 unspecified atom stereocenters. The molecule has 90 valence electrons. The summed E-state index contributed by atoms with van der Waals surface area (Å²) in [4.78, 5) is 16.4. The van der Waals surface area contributed by atoms with E-state index in [1.54, 1.807) is 24.3 Å². The number of ketones is 1. The lowest BCUT2D eigenvalue weighted by atomic mass is 10.0. The lowest BCUT2D eigenvalue weighted by Crippen LogP contribution is -2.05. The molecule has 1 heterocycles. The van der Waals surface area contributed by atoms with Crippen molar-refractivity contribution in [2.75, 3.05) is 0 Å². The summed E-state index contributed by atoms with van der Waals surface area (Å²) in [5, 5.41) is 0.430. The summed E-state index contributed by atoms with van der Waals surface area (Å²) in [7, 11) is 0. The Morgan fingerprint density at radius 3 is 2.83 bits per heavy atom. The fourth-order valence-electron chi connectivity index (χ4n) is 1.58. The molecule has 0 aliphatic rings. The highest BCUT2D eigenvalue weighted by Crippen LogP contribution is 2.20. The molecule has 0 fully saturated rings. The van der Waals surface area contributed by atoms with Gasteiger partial charge in [0.2, 0.25) is 0 Å². The summed E-state index contributed by atoms with van der Waals surface area (Å²) in [6, 6.07) is 8.79. The molecule has 0 N–H and O–H groups in total. The zero-order valence-corrected chi connectivity index (χ0v) is 11.7. The second-order valence-corrected chi connectivity index (χ2v) is 4.98. The van der Waals surface area contributed by atoms with Crippen molar-refractivity contribution >= 4 is 39.4 Å². The van der Waals surface area contributed by atoms with Gasteiger partial charge in [-0.05, 0) is 24.3 Å². The molecule has 1 aromatic heterocycles. The zero-order chi connectivity index (χ0) is 13.1. The molecule has 0 spiro atoms. The average molecular weight is 323 g/mol. The predicted octanol–water partition coefficient (Wildman–Crippen LogP) is 4.37. The van der Waals surface area contributed by atoms with Crippen LogP contribution in [0.3, 0.4) is 0 Å². The summed E-state index contributed by atoms with van der Waals surface area (Å²) in [5.74, 6) is -0.124. The van der Waals surface area contributed by atoms with Gasteiger partial charge in [0.15, 0.2) is 5.78 Å². The molecule has 0 aliphatic heterocycles. The Balaban J connectivity index is 2.52. The van der Waals surface area contributed by atoms with E-state index in [0.29, 0.717) is 21.8 Å². The normalized spacial score (nSPS) is 10.1. The first-order valence-corrected chi connectivity index (χ1v) is 6.37. The van der Waals surface area contributed by atoms with Crippen LogP contribution in [0.4, 0.5) is 0 Å². The summed E-state index contributed by atoms with van der Waals surface area (Å²) < 4.78 is 0.850. The fraction of sp³-hybridized carbons (Fsp3) is 0. The van der Waals surface area contributed by atoms with Gasteiger partial charge in [0.1, 0.15) is 0 Å². The molecule has 0 radical (unpaired) electrons. The number of aromatic nitrogens is 1. The minimum atomic E-state index is -0.124. The molecule has 0 saturated heterocycles. The maximum Gasteiger partial charge on any atom is 0.195 e. The quantitative estimate of drug-likeness (QED) is 0.785. The molecule has 2 nitrogen and oxygen atoms in total. The monoisotopic (exact) mass is 321 g/mol. The number of rotatable bonds is 3. The number of carbonyl (C=O) groups excluding carboxylic acids is 1. The number of hydrogen-bond donors (Lipinski definition) is 0. The van der Waals surface area contributed by atoms with E-state index in [1.165, 1.54) is 6.20 Å². The Bertz CT molecular complexity index is 625. The average Bonchev–Trinajstić information content (AvgIpc) is 2.38. The Morgan fingerprint density at radius 2 is 2.17 bits per heavy atom. The van der Waals surface area contributed by atoms with Crippen molar-refractivity contribution in [3.05, 3.63) is 69.4 Å². The van der Waals surface area contributed by atoms with Crippen LogP contribution in [0.1, 0.15) is 21.6 Å². The Kier molecular flexibility index (Phi) is 3.94. The molecule has 2 rings (SSSR count). The highest BCUT2D eigenvalue weighted by molar-refractivity contribution is 9.10. The van der Waals surface area contributed by atoms with Crippen LogP contribution >= 0.6 is 27.5 Å². The summed E-state index contributed by atoms with van der Waals surface area (Å²) >= 11 is 9.22. The van der Waals surface area contributed by atoms with Crippen molar-refractivity contribution in [2.24, 2.45) is 0 Å². The molecular formula is C14H9BrClNO. The van der Waals surface area contributed by atoms with Crippen molar-refractivity contribution in [3.8, 4) is 0 Å².